The smallest absolute Gasteiger partial charge is 0.161 e. The summed E-state index contributed by atoms with van der Waals surface area (Å²) in [5.74, 6) is 0.917. The third-order valence-corrected chi connectivity index (χ3v) is 4.49. The molecule has 1 atom stereocenters. The van der Waals surface area contributed by atoms with Crippen LogP contribution in [0.3, 0.4) is 0 Å². The van der Waals surface area contributed by atoms with Gasteiger partial charge in [0.2, 0.25) is 0 Å². The van der Waals surface area contributed by atoms with Crippen molar-refractivity contribution in [1.29, 1.82) is 0 Å². The average Bonchev–Trinajstić information content (AvgIpc) is 3.27. The Labute approximate surface area is 134 Å². The molecule has 1 aliphatic heterocycles. The van der Waals surface area contributed by atoms with Gasteiger partial charge in [-0.3, -0.25) is 9.36 Å². The molecule has 0 aromatic carbocycles. The number of imidazole rings is 1. The zero-order valence-corrected chi connectivity index (χ0v) is 13.5. The van der Waals surface area contributed by atoms with Gasteiger partial charge in [0.15, 0.2) is 5.82 Å². The van der Waals surface area contributed by atoms with Crippen molar-refractivity contribution < 1.29 is 0 Å². The van der Waals surface area contributed by atoms with Crippen molar-refractivity contribution >= 4 is 0 Å². The summed E-state index contributed by atoms with van der Waals surface area (Å²) in [6.07, 6.45) is 6.70. The highest BCUT2D eigenvalue weighted by Crippen LogP contribution is 2.27. The van der Waals surface area contributed by atoms with Gasteiger partial charge in [0, 0.05) is 38.7 Å². The lowest BCUT2D eigenvalue weighted by Crippen LogP contribution is -2.28. The van der Waals surface area contributed by atoms with Gasteiger partial charge in [-0.1, -0.05) is 6.92 Å². The Morgan fingerprint density at radius 1 is 1.35 bits per heavy atom. The average molecular weight is 311 g/mol. The molecule has 120 valence electrons. The number of hydrogen-bond acceptors (Lipinski definition) is 4. The lowest BCUT2D eigenvalue weighted by atomic mass is 10.1. The van der Waals surface area contributed by atoms with E-state index >= 15 is 0 Å². The molecule has 3 aromatic rings. The van der Waals surface area contributed by atoms with Gasteiger partial charge in [0.05, 0.1) is 24.0 Å². The van der Waals surface area contributed by atoms with Gasteiger partial charge in [0.1, 0.15) is 5.69 Å². The van der Waals surface area contributed by atoms with Crippen LogP contribution in [0, 0.1) is 0 Å². The van der Waals surface area contributed by atoms with E-state index < -0.39 is 0 Å². The molecule has 4 rings (SSSR count). The van der Waals surface area contributed by atoms with Crippen molar-refractivity contribution in [1.82, 2.24) is 34.4 Å². The summed E-state index contributed by atoms with van der Waals surface area (Å²) in [7, 11) is 1.98. The van der Waals surface area contributed by atoms with Crippen LogP contribution in [0.1, 0.15) is 30.8 Å². The predicted octanol–water partition coefficient (Wildman–Crippen LogP) is 1.58. The van der Waals surface area contributed by atoms with E-state index in [1.165, 1.54) is 11.4 Å². The number of nitrogens with one attached hydrogen (secondary N) is 1. The summed E-state index contributed by atoms with van der Waals surface area (Å²) < 4.78 is 6.22. The van der Waals surface area contributed by atoms with Gasteiger partial charge < -0.3 is 9.88 Å². The Balaban J connectivity index is 1.76. The minimum atomic E-state index is 0.205. The molecule has 0 fully saturated rings. The van der Waals surface area contributed by atoms with Crippen molar-refractivity contribution in [2.24, 2.45) is 7.05 Å². The van der Waals surface area contributed by atoms with Gasteiger partial charge in [0.25, 0.3) is 0 Å². The van der Waals surface area contributed by atoms with E-state index in [0.29, 0.717) is 0 Å². The molecule has 0 aliphatic carbocycles. The Morgan fingerprint density at radius 2 is 2.26 bits per heavy atom. The fraction of sp³-hybridized carbons (Fsp3) is 0.438. The summed E-state index contributed by atoms with van der Waals surface area (Å²) in [6, 6.07) is 4.41. The number of rotatable bonds is 4. The minimum Gasteiger partial charge on any atom is -0.321 e. The van der Waals surface area contributed by atoms with Crippen molar-refractivity contribution in [2.45, 2.75) is 32.5 Å². The summed E-state index contributed by atoms with van der Waals surface area (Å²) in [6.45, 7) is 4.93. The standard InChI is InChI=1S/C16H21N7/c1-3-14(15-4-5-19-21(15)2)22-8-7-18-16(22)13-10-12-11-17-6-9-23(12)20-13/h4-5,7-8,10,14,17H,3,6,9,11H2,1-2H3. The summed E-state index contributed by atoms with van der Waals surface area (Å²) in [5, 5.41) is 12.4. The quantitative estimate of drug-likeness (QED) is 0.794. The topological polar surface area (TPSA) is 65.5 Å². The third kappa shape index (κ3) is 2.37. The van der Waals surface area contributed by atoms with Gasteiger partial charge in [-0.2, -0.15) is 10.2 Å². The molecule has 23 heavy (non-hydrogen) atoms. The predicted molar refractivity (Wildman–Crippen MR) is 86.8 cm³/mol. The lowest BCUT2D eigenvalue weighted by molar-refractivity contribution is 0.475. The summed E-state index contributed by atoms with van der Waals surface area (Å²) >= 11 is 0. The second kappa shape index (κ2) is 5.66. The largest absolute Gasteiger partial charge is 0.321 e. The number of fused-ring (bicyclic) bond motifs is 1. The van der Waals surface area contributed by atoms with Gasteiger partial charge >= 0.3 is 0 Å². The molecule has 0 bridgehead atoms. The molecule has 4 heterocycles. The van der Waals surface area contributed by atoms with E-state index in [2.05, 4.69) is 43.7 Å². The van der Waals surface area contributed by atoms with Crippen molar-refractivity contribution in [2.75, 3.05) is 6.54 Å². The first kappa shape index (κ1) is 14.2. The second-order valence-corrected chi connectivity index (χ2v) is 5.88. The van der Waals surface area contributed by atoms with E-state index in [-0.39, 0.29) is 6.04 Å². The van der Waals surface area contributed by atoms with Crippen molar-refractivity contribution in [3.63, 3.8) is 0 Å². The zero-order chi connectivity index (χ0) is 15.8. The van der Waals surface area contributed by atoms with Crippen LogP contribution in [0.5, 0.6) is 0 Å². The van der Waals surface area contributed by atoms with Crippen LogP contribution in [0.25, 0.3) is 11.5 Å². The van der Waals surface area contributed by atoms with Crippen LogP contribution in [0.4, 0.5) is 0 Å². The Bertz CT molecular complexity index is 787. The van der Waals surface area contributed by atoms with Crippen LogP contribution in [-0.2, 0) is 20.1 Å². The van der Waals surface area contributed by atoms with Crippen LogP contribution in [0.2, 0.25) is 0 Å². The van der Waals surface area contributed by atoms with Gasteiger partial charge in [-0.15, -0.1) is 0 Å². The summed E-state index contributed by atoms with van der Waals surface area (Å²) in [4.78, 5) is 4.58. The van der Waals surface area contributed by atoms with E-state index in [1.807, 2.05) is 30.3 Å². The Morgan fingerprint density at radius 3 is 3.00 bits per heavy atom. The monoisotopic (exact) mass is 311 g/mol. The van der Waals surface area contributed by atoms with E-state index in [4.69, 9.17) is 5.10 Å². The summed E-state index contributed by atoms with van der Waals surface area (Å²) in [5.41, 5.74) is 3.33. The fourth-order valence-corrected chi connectivity index (χ4v) is 3.32. The highest BCUT2D eigenvalue weighted by Gasteiger charge is 2.21. The Hall–Kier alpha value is -2.41. The maximum atomic E-state index is 4.75. The molecule has 0 saturated carbocycles. The van der Waals surface area contributed by atoms with E-state index in [1.54, 1.807) is 0 Å². The van der Waals surface area contributed by atoms with Gasteiger partial charge in [-0.05, 0) is 18.6 Å². The molecule has 1 aliphatic rings. The van der Waals surface area contributed by atoms with Crippen LogP contribution in [0.15, 0.2) is 30.7 Å². The third-order valence-electron chi connectivity index (χ3n) is 4.49. The number of aryl methyl sites for hydroxylation is 1. The molecule has 7 heteroatoms. The highest BCUT2D eigenvalue weighted by molar-refractivity contribution is 5.51. The lowest BCUT2D eigenvalue weighted by Gasteiger charge is -2.19. The van der Waals surface area contributed by atoms with Crippen LogP contribution >= 0.6 is 0 Å². The van der Waals surface area contributed by atoms with Crippen LogP contribution < -0.4 is 5.32 Å². The van der Waals surface area contributed by atoms with Crippen molar-refractivity contribution in [3.8, 4) is 11.5 Å². The fourth-order valence-electron chi connectivity index (χ4n) is 3.32. The second-order valence-electron chi connectivity index (χ2n) is 5.88. The normalized spacial score (nSPS) is 15.6. The molecule has 0 saturated heterocycles. The molecule has 1 unspecified atom stereocenters. The SMILES string of the molecule is CCC(c1ccnn1C)n1ccnc1-c1cc2n(n1)CCNC2. The molecular weight excluding hydrogens is 290 g/mol. The Kier molecular flexibility index (Phi) is 3.49. The number of hydrogen-bond donors (Lipinski definition) is 1. The molecule has 1 N–H and O–H groups in total. The molecule has 0 spiro atoms. The zero-order valence-electron chi connectivity index (χ0n) is 13.5. The molecule has 7 nitrogen and oxygen atoms in total. The van der Waals surface area contributed by atoms with E-state index in [9.17, 15) is 0 Å². The first-order valence-corrected chi connectivity index (χ1v) is 8.06. The maximum absolute atomic E-state index is 4.75. The molecular formula is C16H21N7. The molecule has 0 radical (unpaired) electrons. The number of aromatic nitrogens is 6. The van der Waals surface area contributed by atoms with Crippen LogP contribution in [-0.4, -0.2) is 35.7 Å². The molecule has 3 aromatic heterocycles. The first-order valence-electron chi connectivity index (χ1n) is 8.06. The van der Waals surface area contributed by atoms with Crippen molar-refractivity contribution in [3.05, 3.63) is 42.1 Å². The van der Waals surface area contributed by atoms with E-state index in [0.717, 1.165) is 37.6 Å². The van der Waals surface area contributed by atoms with Gasteiger partial charge in [-0.25, -0.2) is 4.98 Å². The highest BCUT2D eigenvalue weighted by atomic mass is 15.3. The minimum absolute atomic E-state index is 0.205. The number of nitrogens with zero attached hydrogens (tertiary/aromatic N) is 6. The first-order chi connectivity index (χ1) is 11.3. The maximum Gasteiger partial charge on any atom is 0.161 e. The molecule has 0 amide bonds.